The fourth-order valence-electron chi connectivity index (χ4n) is 1.82. The second-order valence-corrected chi connectivity index (χ2v) is 6.61. The fraction of sp³-hybridized carbons (Fsp3) is 0.833. The van der Waals surface area contributed by atoms with Crippen LogP contribution in [-0.2, 0) is 10.2 Å². The van der Waals surface area contributed by atoms with Crippen molar-refractivity contribution >= 4 is 10.2 Å². The first-order valence-electron chi connectivity index (χ1n) is 6.58. The van der Waals surface area contributed by atoms with Crippen molar-refractivity contribution in [3.63, 3.8) is 0 Å². The molecule has 0 aromatic rings. The monoisotopic (exact) mass is 275 g/mol. The van der Waals surface area contributed by atoms with E-state index in [0.717, 1.165) is 32.4 Å². The molecular formula is C12H25N3O2S. The molecule has 18 heavy (non-hydrogen) atoms. The molecule has 0 bridgehead atoms. The summed E-state index contributed by atoms with van der Waals surface area (Å²) in [5.41, 5.74) is 0. The highest BCUT2D eigenvalue weighted by atomic mass is 32.2. The predicted molar refractivity (Wildman–Crippen MR) is 74.6 cm³/mol. The van der Waals surface area contributed by atoms with E-state index >= 15 is 0 Å². The molecule has 0 aromatic carbocycles. The summed E-state index contributed by atoms with van der Waals surface area (Å²) in [5.74, 6) is 0. The first kappa shape index (κ1) is 15.6. The summed E-state index contributed by atoms with van der Waals surface area (Å²) < 4.78 is 27.7. The molecule has 0 heterocycles. The lowest BCUT2D eigenvalue weighted by Crippen LogP contribution is -2.43. The minimum atomic E-state index is -3.32. The van der Waals surface area contributed by atoms with Gasteiger partial charge in [0.2, 0.25) is 0 Å². The first-order chi connectivity index (χ1) is 8.54. The zero-order chi connectivity index (χ0) is 13.6. The third-order valence-corrected chi connectivity index (χ3v) is 5.04. The summed E-state index contributed by atoms with van der Waals surface area (Å²) in [6, 6.07) is 0.184. The van der Waals surface area contributed by atoms with E-state index in [-0.39, 0.29) is 6.04 Å². The van der Waals surface area contributed by atoms with Crippen LogP contribution in [0.4, 0.5) is 0 Å². The smallest absolute Gasteiger partial charge is 0.282 e. The molecule has 1 N–H and O–H groups in total. The Balaban J connectivity index is 2.51. The van der Waals surface area contributed by atoms with Gasteiger partial charge in [0.15, 0.2) is 0 Å². The largest absolute Gasteiger partial charge is 0.317 e. The van der Waals surface area contributed by atoms with Crippen molar-refractivity contribution in [2.75, 3.05) is 33.2 Å². The molecule has 0 radical (unpaired) electrons. The molecule has 0 amide bonds. The van der Waals surface area contributed by atoms with Crippen molar-refractivity contribution in [3.8, 4) is 0 Å². The highest BCUT2D eigenvalue weighted by Crippen LogP contribution is 2.29. The third kappa shape index (κ3) is 4.35. The van der Waals surface area contributed by atoms with Gasteiger partial charge in [0.1, 0.15) is 0 Å². The van der Waals surface area contributed by atoms with E-state index in [1.165, 1.54) is 4.31 Å². The van der Waals surface area contributed by atoms with Gasteiger partial charge in [-0.2, -0.15) is 17.0 Å². The Morgan fingerprint density at radius 3 is 2.61 bits per heavy atom. The number of hydrogen-bond donors (Lipinski definition) is 1. The Morgan fingerprint density at radius 2 is 2.11 bits per heavy atom. The van der Waals surface area contributed by atoms with E-state index in [1.54, 1.807) is 17.4 Å². The number of rotatable bonds is 10. The van der Waals surface area contributed by atoms with Crippen molar-refractivity contribution in [1.82, 2.24) is 13.9 Å². The van der Waals surface area contributed by atoms with Crippen molar-refractivity contribution in [2.45, 2.75) is 32.2 Å². The van der Waals surface area contributed by atoms with E-state index < -0.39 is 10.2 Å². The molecular weight excluding hydrogens is 250 g/mol. The van der Waals surface area contributed by atoms with Gasteiger partial charge >= 0.3 is 0 Å². The van der Waals surface area contributed by atoms with Crippen molar-refractivity contribution in [2.24, 2.45) is 0 Å². The zero-order valence-electron chi connectivity index (χ0n) is 11.4. The van der Waals surface area contributed by atoms with Gasteiger partial charge < -0.3 is 5.32 Å². The molecule has 106 valence electrons. The highest BCUT2D eigenvalue weighted by Gasteiger charge is 2.38. The summed E-state index contributed by atoms with van der Waals surface area (Å²) >= 11 is 0. The standard InChI is InChI=1S/C12H25N3O2S/c1-4-10-15(12-7-8-12)18(16,17)14(3)11-6-9-13-5-2/h4,12-13H,1,5-11H2,2-3H3. The minimum Gasteiger partial charge on any atom is -0.317 e. The van der Waals surface area contributed by atoms with Crippen LogP contribution in [0, 0.1) is 0 Å². The van der Waals surface area contributed by atoms with Gasteiger partial charge in [0.25, 0.3) is 10.2 Å². The molecule has 1 saturated carbocycles. The Labute approximate surface area is 111 Å². The maximum absolute atomic E-state index is 12.3. The summed E-state index contributed by atoms with van der Waals surface area (Å²) in [6.45, 7) is 8.40. The van der Waals surface area contributed by atoms with Crippen LogP contribution < -0.4 is 5.32 Å². The van der Waals surface area contributed by atoms with Crippen LogP contribution in [0.25, 0.3) is 0 Å². The quantitative estimate of drug-likeness (QED) is 0.474. The molecule has 5 nitrogen and oxygen atoms in total. The number of nitrogens with one attached hydrogen (secondary N) is 1. The van der Waals surface area contributed by atoms with Gasteiger partial charge in [-0.05, 0) is 32.4 Å². The number of hydrogen-bond acceptors (Lipinski definition) is 3. The summed E-state index contributed by atoms with van der Waals surface area (Å²) in [4.78, 5) is 0. The van der Waals surface area contributed by atoms with Crippen LogP contribution >= 0.6 is 0 Å². The molecule has 1 fully saturated rings. The first-order valence-corrected chi connectivity index (χ1v) is 7.98. The molecule has 0 unspecified atom stereocenters. The SMILES string of the molecule is C=CCN(C1CC1)S(=O)(=O)N(C)CCCNCC. The van der Waals surface area contributed by atoms with Crippen LogP contribution in [0.2, 0.25) is 0 Å². The van der Waals surface area contributed by atoms with Crippen molar-refractivity contribution in [3.05, 3.63) is 12.7 Å². The highest BCUT2D eigenvalue weighted by molar-refractivity contribution is 7.86. The zero-order valence-corrected chi connectivity index (χ0v) is 12.2. The number of nitrogens with zero attached hydrogens (tertiary/aromatic N) is 2. The van der Waals surface area contributed by atoms with E-state index in [1.807, 2.05) is 6.92 Å². The maximum atomic E-state index is 12.3. The Bertz CT molecular complexity index is 352. The lowest BCUT2D eigenvalue weighted by atomic mass is 10.4. The molecule has 6 heteroatoms. The lowest BCUT2D eigenvalue weighted by molar-refractivity contribution is 0.368. The maximum Gasteiger partial charge on any atom is 0.282 e. The fourth-order valence-corrected chi connectivity index (χ4v) is 3.42. The lowest BCUT2D eigenvalue weighted by Gasteiger charge is -2.26. The van der Waals surface area contributed by atoms with Crippen LogP contribution in [0.1, 0.15) is 26.2 Å². The van der Waals surface area contributed by atoms with E-state index in [2.05, 4.69) is 11.9 Å². The molecule has 0 spiro atoms. The van der Waals surface area contributed by atoms with E-state index in [4.69, 9.17) is 0 Å². The molecule has 0 saturated heterocycles. The topological polar surface area (TPSA) is 52.7 Å². The van der Waals surface area contributed by atoms with Crippen molar-refractivity contribution in [1.29, 1.82) is 0 Å². The van der Waals surface area contributed by atoms with Crippen LogP contribution in [0.15, 0.2) is 12.7 Å². The molecule has 0 aliphatic heterocycles. The summed E-state index contributed by atoms with van der Waals surface area (Å²) in [5, 5.41) is 3.19. The van der Waals surface area contributed by atoms with E-state index in [9.17, 15) is 8.42 Å². The minimum absolute atomic E-state index is 0.184. The average molecular weight is 275 g/mol. The predicted octanol–water partition coefficient (Wildman–Crippen LogP) is 0.813. The van der Waals surface area contributed by atoms with Crippen molar-refractivity contribution < 1.29 is 8.42 Å². The Hall–Kier alpha value is -0.430. The molecule has 1 rings (SSSR count). The van der Waals surface area contributed by atoms with Crippen LogP contribution in [0.3, 0.4) is 0 Å². The molecule has 0 aromatic heterocycles. The van der Waals surface area contributed by atoms with Crippen LogP contribution in [0.5, 0.6) is 0 Å². The molecule has 0 atom stereocenters. The Morgan fingerprint density at radius 1 is 1.44 bits per heavy atom. The van der Waals surface area contributed by atoms with E-state index in [0.29, 0.717) is 13.1 Å². The molecule has 1 aliphatic carbocycles. The Kier molecular flexibility index (Phi) is 6.28. The van der Waals surface area contributed by atoms with Gasteiger partial charge in [-0.15, -0.1) is 6.58 Å². The van der Waals surface area contributed by atoms with Gasteiger partial charge in [0, 0.05) is 26.2 Å². The summed E-state index contributed by atoms with van der Waals surface area (Å²) in [6.07, 6.45) is 4.43. The van der Waals surface area contributed by atoms with Gasteiger partial charge in [-0.25, -0.2) is 0 Å². The third-order valence-electron chi connectivity index (χ3n) is 3.03. The average Bonchev–Trinajstić information content (AvgIpc) is 3.15. The summed E-state index contributed by atoms with van der Waals surface area (Å²) in [7, 11) is -1.67. The van der Waals surface area contributed by atoms with Gasteiger partial charge in [-0.3, -0.25) is 0 Å². The molecule has 1 aliphatic rings. The second kappa shape index (κ2) is 7.23. The van der Waals surface area contributed by atoms with Crippen LogP contribution in [-0.4, -0.2) is 56.3 Å². The normalized spacial score (nSPS) is 16.4. The second-order valence-electron chi connectivity index (χ2n) is 4.63. The van der Waals surface area contributed by atoms with Gasteiger partial charge in [-0.1, -0.05) is 13.0 Å². The van der Waals surface area contributed by atoms with Gasteiger partial charge in [0.05, 0.1) is 0 Å².